The molecule has 1 aliphatic rings. The van der Waals surface area contributed by atoms with Crippen LogP contribution in [0.15, 0.2) is 64.8 Å². The van der Waals surface area contributed by atoms with E-state index in [2.05, 4.69) is 10.4 Å². The van der Waals surface area contributed by atoms with Crippen LogP contribution in [0.1, 0.15) is 31.5 Å². The van der Waals surface area contributed by atoms with E-state index in [0.717, 1.165) is 33.5 Å². The molecule has 1 fully saturated rings. The van der Waals surface area contributed by atoms with E-state index in [1.54, 1.807) is 31.2 Å². The topological polar surface area (TPSA) is 158 Å². The van der Waals surface area contributed by atoms with Gasteiger partial charge < -0.3 is 9.94 Å². The third-order valence-electron chi connectivity index (χ3n) is 6.30. The van der Waals surface area contributed by atoms with Crippen LogP contribution in [-0.2, 0) is 35.4 Å². The van der Waals surface area contributed by atoms with Gasteiger partial charge in [0, 0.05) is 18.9 Å². The zero-order valence-corrected chi connectivity index (χ0v) is 23.9. The lowest BCUT2D eigenvalue weighted by atomic mass is 10.0. The predicted molar refractivity (Wildman–Crippen MR) is 142 cm³/mol. The lowest BCUT2D eigenvalue weighted by Gasteiger charge is -2.32. The predicted octanol–water partition coefficient (Wildman–Crippen LogP) is 3.71. The minimum Gasteiger partial charge on any atom is -0.569 e. The quantitative estimate of drug-likeness (QED) is 0.117. The summed E-state index contributed by atoms with van der Waals surface area (Å²) in [7, 11) is -4.35. The van der Waals surface area contributed by atoms with Gasteiger partial charge in [-0.05, 0) is 37.3 Å². The molecule has 1 saturated heterocycles. The number of nitrogens with one attached hydrogen (secondary N) is 1. The van der Waals surface area contributed by atoms with Crippen molar-refractivity contribution in [2.24, 2.45) is 11.2 Å². The third-order valence-corrected chi connectivity index (χ3v) is 7.66. The lowest BCUT2D eigenvalue weighted by Crippen LogP contribution is -2.56. The maximum absolute atomic E-state index is 13.5. The van der Waals surface area contributed by atoms with Crippen LogP contribution < -0.4 is 4.72 Å². The SMILES string of the molecule is CCC(=O)OC(C)O/N=[N+](/[O-])N1CC(C(=O)NS(=O)(=O)c2ccc(-n3nc(C(F)(F)F)cc3-c3ccc(C)cc3)cc2)C1. The average Bonchev–Trinajstić information content (AvgIpc) is 3.37. The summed E-state index contributed by atoms with van der Waals surface area (Å²) >= 11 is 0. The number of halogens is 3. The molecular weight excluding hydrogens is 597 g/mol. The molecule has 0 saturated carbocycles. The molecule has 0 radical (unpaired) electrons. The summed E-state index contributed by atoms with van der Waals surface area (Å²) in [6.45, 7) is 4.44. The summed E-state index contributed by atoms with van der Waals surface area (Å²) in [5.41, 5.74) is 0.565. The van der Waals surface area contributed by atoms with Gasteiger partial charge in [0.25, 0.3) is 16.3 Å². The molecule has 0 bridgehead atoms. The largest absolute Gasteiger partial charge is 0.569 e. The second kappa shape index (κ2) is 12.3. The van der Waals surface area contributed by atoms with Crippen molar-refractivity contribution in [3.63, 3.8) is 0 Å². The van der Waals surface area contributed by atoms with Gasteiger partial charge in [-0.3, -0.25) is 14.4 Å². The number of carbonyl (C=O) groups is 2. The van der Waals surface area contributed by atoms with Gasteiger partial charge in [0.2, 0.25) is 11.2 Å². The molecule has 1 atom stereocenters. The first-order valence-electron chi connectivity index (χ1n) is 12.9. The number of aryl methyl sites for hydroxylation is 1. The Bertz CT molecular complexity index is 1620. The number of rotatable bonds is 10. The van der Waals surface area contributed by atoms with E-state index in [1.807, 2.05) is 11.6 Å². The monoisotopic (exact) mass is 624 g/mol. The summed E-state index contributed by atoms with van der Waals surface area (Å²) in [6, 6.07) is 12.5. The molecule has 1 amide bonds. The summed E-state index contributed by atoms with van der Waals surface area (Å²) in [6.07, 6.45) is -5.72. The Hall–Kier alpha value is -4.67. The third kappa shape index (κ3) is 7.40. The van der Waals surface area contributed by atoms with E-state index in [1.165, 1.54) is 19.1 Å². The maximum atomic E-state index is 13.5. The molecule has 1 unspecified atom stereocenters. The first-order chi connectivity index (χ1) is 20.2. The van der Waals surface area contributed by atoms with Gasteiger partial charge in [-0.2, -0.15) is 18.3 Å². The van der Waals surface area contributed by atoms with Crippen LogP contribution in [0.4, 0.5) is 13.2 Å². The van der Waals surface area contributed by atoms with Crippen LogP contribution in [0.5, 0.6) is 0 Å². The van der Waals surface area contributed by atoms with Crippen LogP contribution in [0.25, 0.3) is 16.9 Å². The zero-order chi connectivity index (χ0) is 31.5. The van der Waals surface area contributed by atoms with Crippen molar-refractivity contribution in [2.45, 2.75) is 44.6 Å². The Labute approximate surface area is 244 Å². The number of carbonyl (C=O) groups excluding carboxylic acids is 2. The second-order valence-electron chi connectivity index (χ2n) is 9.57. The van der Waals surface area contributed by atoms with Gasteiger partial charge in [-0.25, -0.2) is 17.8 Å². The molecule has 0 aliphatic carbocycles. The molecular formula is C26H27F3N6O7S. The van der Waals surface area contributed by atoms with Gasteiger partial charge in [0.05, 0.1) is 40.3 Å². The van der Waals surface area contributed by atoms with Crippen molar-refractivity contribution < 1.29 is 45.7 Å². The number of nitrogens with zero attached hydrogens (tertiary/aromatic N) is 5. The molecule has 0 spiro atoms. The average molecular weight is 625 g/mol. The fourth-order valence-corrected chi connectivity index (χ4v) is 4.94. The number of benzene rings is 2. The van der Waals surface area contributed by atoms with Crippen LogP contribution in [0.3, 0.4) is 0 Å². The van der Waals surface area contributed by atoms with E-state index < -0.39 is 46.0 Å². The van der Waals surface area contributed by atoms with E-state index in [0.29, 0.717) is 5.56 Å². The standard InChI is InChI=1S/C26H27F3N6O7S/c1-4-24(36)41-17(3)42-32-35(38)33-14-19(15-33)25(37)31-43(39,40)21-11-9-20(10-12-21)34-22(13-23(30-34)26(27,28)29)18-7-5-16(2)6-8-18/h5-13,17,19H,4,14-15H2,1-3H3,(H,31,37)/b35-32+. The molecule has 17 heteroatoms. The highest BCUT2D eigenvalue weighted by molar-refractivity contribution is 7.90. The highest BCUT2D eigenvalue weighted by atomic mass is 32.2. The van der Waals surface area contributed by atoms with Crippen LogP contribution in [-0.4, -0.2) is 59.4 Å². The highest BCUT2D eigenvalue weighted by Gasteiger charge is 2.40. The Morgan fingerprint density at radius 3 is 2.37 bits per heavy atom. The summed E-state index contributed by atoms with van der Waals surface area (Å²) in [4.78, 5) is 28.2. The number of hydrazine groups is 1. The molecule has 2 heterocycles. The van der Waals surface area contributed by atoms with E-state index in [9.17, 15) is 36.4 Å². The molecule has 13 nitrogen and oxygen atoms in total. The van der Waals surface area contributed by atoms with Crippen molar-refractivity contribution >= 4 is 21.9 Å². The summed E-state index contributed by atoms with van der Waals surface area (Å²) in [5.74, 6) is -2.29. The fourth-order valence-electron chi connectivity index (χ4n) is 3.90. The Morgan fingerprint density at radius 1 is 1.16 bits per heavy atom. The Morgan fingerprint density at radius 2 is 1.79 bits per heavy atom. The molecule has 2 aromatic carbocycles. The fraction of sp³-hybridized carbons (Fsp3) is 0.346. The van der Waals surface area contributed by atoms with Crippen LogP contribution >= 0.6 is 0 Å². The zero-order valence-electron chi connectivity index (χ0n) is 23.1. The van der Waals surface area contributed by atoms with Gasteiger partial charge in [-0.15, -0.1) is 5.01 Å². The second-order valence-corrected chi connectivity index (χ2v) is 11.3. The number of aromatic nitrogens is 2. The summed E-state index contributed by atoms with van der Waals surface area (Å²) in [5, 5.41) is 20.0. The van der Waals surface area contributed by atoms with Crippen molar-refractivity contribution in [2.75, 3.05) is 13.1 Å². The molecule has 43 heavy (non-hydrogen) atoms. The number of amides is 1. The lowest BCUT2D eigenvalue weighted by molar-refractivity contribution is -0.727. The number of esters is 1. The molecule has 3 aromatic rings. The minimum atomic E-state index is -4.71. The molecule has 230 valence electrons. The smallest absolute Gasteiger partial charge is 0.435 e. The van der Waals surface area contributed by atoms with E-state index in [4.69, 9.17) is 9.57 Å². The van der Waals surface area contributed by atoms with Gasteiger partial charge in [0.1, 0.15) is 0 Å². The number of sulfonamides is 1. The van der Waals surface area contributed by atoms with Crippen LogP contribution in [0, 0.1) is 18.0 Å². The maximum Gasteiger partial charge on any atom is 0.435 e. The van der Waals surface area contributed by atoms with E-state index in [-0.39, 0.29) is 40.8 Å². The number of hydrogen-bond acceptors (Lipinski definition) is 9. The van der Waals surface area contributed by atoms with Crippen molar-refractivity contribution in [1.29, 1.82) is 0 Å². The summed E-state index contributed by atoms with van der Waals surface area (Å²) < 4.78 is 73.8. The Kier molecular flexibility index (Phi) is 8.93. The van der Waals surface area contributed by atoms with Crippen molar-refractivity contribution in [3.05, 3.63) is 71.1 Å². The number of ether oxygens (including phenoxy) is 1. The molecule has 4 rings (SSSR count). The normalized spacial score (nSPS) is 15.0. The first kappa shape index (κ1) is 31.3. The number of alkyl halides is 3. The van der Waals surface area contributed by atoms with Gasteiger partial charge >= 0.3 is 12.1 Å². The molecule has 1 aromatic heterocycles. The molecule has 1 N–H and O–H groups in total. The van der Waals surface area contributed by atoms with Gasteiger partial charge in [0.15, 0.2) is 5.69 Å². The van der Waals surface area contributed by atoms with Crippen LogP contribution in [0.2, 0.25) is 0 Å². The number of hydrogen-bond donors (Lipinski definition) is 1. The van der Waals surface area contributed by atoms with Crippen molar-refractivity contribution in [1.82, 2.24) is 19.5 Å². The Balaban J connectivity index is 1.42. The molecule has 1 aliphatic heterocycles. The first-order valence-corrected chi connectivity index (χ1v) is 14.4. The van der Waals surface area contributed by atoms with E-state index >= 15 is 0 Å². The highest BCUT2D eigenvalue weighted by Crippen LogP contribution is 2.33. The van der Waals surface area contributed by atoms with Gasteiger partial charge in [-0.1, -0.05) is 36.8 Å². The minimum absolute atomic E-state index is 0.0532. The van der Waals surface area contributed by atoms with Crippen molar-refractivity contribution in [3.8, 4) is 16.9 Å².